The van der Waals surface area contributed by atoms with Crippen LogP contribution in [0.4, 0.5) is 18.9 Å². The minimum atomic E-state index is -4.53. The summed E-state index contributed by atoms with van der Waals surface area (Å²) in [6, 6.07) is 12.0. The topological polar surface area (TPSA) is 41.1 Å². The Labute approximate surface area is 149 Å². The van der Waals surface area contributed by atoms with Gasteiger partial charge in [-0.1, -0.05) is 18.2 Å². The van der Waals surface area contributed by atoms with E-state index in [0.29, 0.717) is 9.13 Å². The average molecular weight is 450 g/mol. The molecule has 23 heavy (non-hydrogen) atoms. The van der Waals surface area contributed by atoms with Gasteiger partial charge in [0.05, 0.1) is 11.3 Å². The molecule has 0 saturated heterocycles. The number of halogens is 4. The Morgan fingerprint density at radius 1 is 1.09 bits per heavy atom. The summed E-state index contributed by atoms with van der Waals surface area (Å²) in [7, 11) is 0. The second-order valence-corrected chi connectivity index (χ2v) is 6.12. The van der Waals surface area contributed by atoms with Crippen molar-refractivity contribution in [2.24, 2.45) is 0 Å². The molecule has 0 spiro atoms. The summed E-state index contributed by atoms with van der Waals surface area (Å²) in [5, 5.41) is 4.57. The van der Waals surface area contributed by atoms with Gasteiger partial charge >= 0.3 is 6.18 Å². The number of rotatable bonds is 2. The average Bonchev–Trinajstić information content (AvgIpc) is 2.49. The van der Waals surface area contributed by atoms with Crippen LogP contribution in [0, 0.1) is 3.57 Å². The summed E-state index contributed by atoms with van der Waals surface area (Å²) in [6.45, 7) is 0. The normalized spacial score (nSPS) is 11.0. The first-order valence-electron chi connectivity index (χ1n) is 6.31. The lowest BCUT2D eigenvalue weighted by Crippen LogP contribution is -2.34. The number of hydrogen-bond acceptors (Lipinski definition) is 2. The third kappa shape index (κ3) is 4.90. The summed E-state index contributed by atoms with van der Waals surface area (Å²) in [6.07, 6.45) is -4.53. The maximum atomic E-state index is 13.0. The summed E-state index contributed by atoms with van der Waals surface area (Å²) in [5.41, 5.74) is -0.702. The van der Waals surface area contributed by atoms with E-state index >= 15 is 0 Å². The van der Waals surface area contributed by atoms with E-state index in [1.165, 1.54) is 12.1 Å². The molecule has 0 radical (unpaired) electrons. The molecule has 0 fully saturated rings. The Morgan fingerprint density at radius 3 is 2.35 bits per heavy atom. The molecule has 2 aromatic rings. The van der Waals surface area contributed by atoms with Crippen LogP contribution in [0.5, 0.6) is 0 Å². The molecule has 0 aliphatic carbocycles. The van der Waals surface area contributed by atoms with E-state index in [0.717, 1.165) is 6.07 Å². The molecule has 2 rings (SSSR count). The molecule has 3 nitrogen and oxygen atoms in total. The zero-order chi connectivity index (χ0) is 17.0. The van der Waals surface area contributed by atoms with Gasteiger partial charge in [0, 0.05) is 9.13 Å². The van der Waals surface area contributed by atoms with Gasteiger partial charge in [0.25, 0.3) is 5.91 Å². The Bertz CT molecular complexity index is 735. The van der Waals surface area contributed by atoms with Crippen LogP contribution < -0.4 is 10.6 Å². The molecule has 120 valence electrons. The van der Waals surface area contributed by atoms with Crippen molar-refractivity contribution in [1.82, 2.24) is 5.32 Å². The molecule has 0 aliphatic heterocycles. The lowest BCUT2D eigenvalue weighted by Gasteiger charge is -2.16. The maximum absolute atomic E-state index is 13.0. The minimum Gasteiger partial charge on any atom is -0.332 e. The Hall–Kier alpha value is -1.68. The maximum Gasteiger partial charge on any atom is 0.418 e. The van der Waals surface area contributed by atoms with Crippen LogP contribution >= 0.6 is 34.8 Å². The largest absolute Gasteiger partial charge is 0.418 e. The van der Waals surface area contributed by atoms with Crippen LogP contribution in [0.3, 0.4) is 0 Å². The van der Waals surface area contributed by atoms with Crippen molar-refractivity contribution in [3.63, 3.8) is 0 Å². The molecule has 0 aromatic heterocycles. The number of nitrogens with one attached hydrogen (secondary N) is 2. The van der Waals surface area contributed by atoms with Gasteiger partial charge in [-0.3, -0.25) is 10.1 Å². The summed E-state index contributed by atoms with van der Waals surface area (Å²) in [5.74, 6) is -0.498. The molecule has 0 atom stereocenters. The predicted octanol–water partition coefficient (Wildman–Crippen LogP) is 4.44. The number of carbonyl (C=O) groups excluding carboxylic acids is 1. The fourth-order valence-corrected chi connectivity index (χ4v) is 2.47. The van der Waals surface area contributed by atoms with Gasteiger partial charge in [0.2, 0.25) is 0 Å². The summed E-state index contributed by atoms with van der Waals surface area (Å²) < 4.78 is 39.5. The number of carbonyl (C=O) groups is 1. The van der Waals surface area contributed by atoms with E-state index in [-0.39, 0.29) is 10.8 Å². The molecule has 2 aromatic carbocycles. The van der Waals surface area contributed by atoms with Gasteiger partial charge in [0.15, 0.2) is 5.11 Å². The minimum absolute atomic E-state index is 0.203. The van der Waals surface area contributed by atoms with E-state index in [4.69, 9.17) is 12.2 Å². The molecule has 0 bridgehead atoms. The van der Waals surface area contributed by atoms with E-state index in [9.17, 15) is 18.0 Å². The molecular formula is C15H10F3IN2OS. The number of hydrogen-bond donors (Lipinski definition) is 2. The molecule has 8 heteroatoms. The summed E-state index contributed by atoms with van der Waals surface area (Å²) in [4.78, 5) is 11.9. The van der Waals surface area contributed by atoms with Crippen molar-refractivity contribution in [3.8, 4) is 0 Å². The molecule has 1 amide bonds. The van der Waals surface area contributed by atoms with Gasteiger partial charge in [-0.05, 0) is 65.1 Å². The van der Waals surface area contributed by atoms with Crippen LogP contribution in [-0.2, 0) is 6.18 Å². The van der Waals surface area contributed by atoms with Crippen LogP contribution in [0.2, 0.25) is 0 Å². The van der Waals surface area contributed by atoms with Crippen LogP contribution in [0.15, 0.2) is 48.5 Å². The van der Waals surface area contributed by atoms with Crippen LogP contribution in [0.25, 0.3) is 0 Å². The smallest absolute Gasteiger partial charge is 0.332 e. The van der Waals surface area contributed by atoms with E-state index in [1.54, 1.807) is 52.9 Å². The SMILES string of the molecule is O=C(NC(=S)Nc1ccc(I)cc1C(F)(F)F)c1ccccc1. The highest BCUT2D eigenvalue weighted by molar-refractivity contribution is 14.1. The summed E-state index contributed by atoms with van der Waals surface area (Å²) >= 11 is 6.71. The zero-order valence-electron chi connectivity index (χ0n) is 11.4. The highest BCUT2D eigenvalue weighted by atomic mass is 127. The molecule has 0 unspecified atom stereocenters. The Balaban J connectivity index is 2.13. The zero-order valence-corrected chi connectivity index (χ0v) is 14.4. The predicted molar refractivity (Wildman–Crippen MR) is 94.3 cm³/mol. The third-order valence-corrected chi connectivity index (χ3v) is 3.67. The van der Waals surface area contributed by atoms with Crippen molar-refractivity contribution in [1.29, 1.82) is 0 Å². The van der Waals surface area contributed by atoms with Crippen LogP contribution in [-0.4, -0.2) is 11.0 Å². The molecule has 0 saturated carbocycles. The lowest BCUT2D eigenvalue weighted by molar-refractivity contribution is -0.136. The monoisotopic (exact) mass is 450 g/mol. The quantitative estimate of drug-likeness (QED) is 0.526. The molecule has 0 aliphatic rings. The van der Waals surface area contributed by atoms with E-state index in [1.807, 2.05) is 0 Å². The standard InChI is InChI=1S/C15H10F3IN2OS/c16-15(17,18)11-8-10(19)6-7-12(11)20-14(23)21-13(22)9-4-2-1-3-5-9/h1-8H,(H2,20,21,22,23). The van der Waals surface area contributed by atoms with Gasteiger partial charge in [-0.15, -0.1) is 0 Å². The highest BCUT2D eigenvalue weighted by Gasteiger charge is 2.34. The first-order chi connectivity index (χ1) is 10.8. The number of thiocarbonyl (C=S) groups is 1. The Morgan fingerprint density at radius 2 is 1.74 bits per heavy atom. The van der Waals surface area contributed by atoms with Crippen molar-refractivity contribution >= 4 is 51.5 Å². The van der Waals surface area contributed by atoms with Crippen LogP contribution in [0.1, 0.15) is 15.9 Å². The number of alkyl halides is 3. The number of benzene rings is 2. The molecule has 2 N–H and O–H groups in total. The second kappa shape index (κ2) is 7.26. The van der Waals surface area contributed by atoms with Gasteiger partial charge in [-0.25, -0.2) is 0 Å². The third-order valence-electron chi connectivity index (χ3n) is 2.80. The number of anilines is 1. The van der Waals surface area contributed by atoms with Crippen molar-refractivity contribution in [3.05, 3.63) is 63.2 Å². The highest BCUT2D eigenvalue weighted by Crippen LogP contribution is 2.35. The van der Waals surface area contributed by atoms with Crippen molar-refractivity contribution < 1.29 is 18.0 Å². The molecule has 0 heterocycles. The lowest BCUT2D eigenvalue weighted by atomic mass is 10.1. The number of amides is 1. The first kappa shape index (κ1) is 17.7. The Kier molecular flexibility index (Phi) is 5.58. The second-order valence-electron chi connectivity index (χ2n) is 4.46. The van der Waals surface area contributed by atoms with Crippen molar-refractivity contribution in [2.45, 2.75) is 6.18 Å². The molecular weight excluding hydrogens is 440 g/mol. The van der Waals surface area contributed by atoms with E-state index < -0.39 is 17.6 Å². The first-order valence-corrected chi connectivity index (χ1v) is 7.80. The fourth-order valence-electron chi connectivity index (χ4n) is 1.78. The fraction of sp³-hybridized carbons (Fsp3) is 0.0667. The van der Waals surface area contributed by atoms with Gasteiger partial charge < -0.3 is 5.32 Å². The van der Waals surface area contributed by atoms with Gasteiger partial charge in [0.1, 0.15) is 0 Å². The van der Waals surface area contributed by atoms with Crippen molar-refractivity contribution in [2.75, 3.05) is 5.32 Å². The van der Waals surface area contributed by atoms with Gasteiger partial charge in [-0.2, -0.15) is 13.2 Å². The van der Waals surface area contributed by atoms with E-state index in [2.05, 4.69) is 10.6 Å².